The van der Waals surface area contributed by atoms with E-state index in [0.29, 0.717) is 18.1 Å². The van der Waals surface area contributed by atoms with Crippen molar-refractivity contribution in [2.75, 3.05) is 26.4 Å². The van der Waals surface area contributed by atoms with Crippen LogP contribution in [0.1, 0.15) is 47.0 Å². The van der Waals surface area contributed by atoms with Gasteiger partial charge in [-0.15, -0.1) is 0 Å². The molecule has 1 unspecified atom stereocenters. The van der Waals surface area contributed by atoms with Gasteiger partial charge in [-0.3, -0.25) is 0 Å². The van der Waals surface area contributed by atoms with Gasteiger partial charge in [0.25, 0.3) is 0 Å². The topological polar surface area (TPSA) is 41.5 Å². The van der Waals surface area contributed by atoms with Crippen molar-refractivity contribution in [2.45, 2.75) is 53.0 Å². The lowest BCUT2D eigenvalue weighted by atomic mass is 9.93. The lowest BCUT2D eigenvalue weighted by Gasteiger charge is -2.21. The fraction of sp³-hybridized carbons (Fsp3) is 1.00. The summed E-state index contributed by atoms with van der Waals surface area (Å²) in [4.78, 5) is 0. The van der Waals surface area contributed by atoms with Crippen LogP contribution in [-0.2, 0) is 4.74 Å². The molecule has 0 saturated heterocycles. The fourth-order valence-corrected chi connectivity index (χ4v) is 1.35. The summed E-state index contributed by atoms with van der Waals surface area (Å²) in [5.41, 5.74) is 0.337. The summed E-state index contributed by atoms with van der Waals surface area (Å²) in [5, 5.41) is 12.3. The van der Waals surface area contributed by atoms with E-state index in [-0.39, 0.29) is 6.61 Å². The average molecular weight is 231 g/mol. The molecule has 0 aromatic carbocycles. The van der Waals surface area contributed by atoms with Gasteiger partial charge in [0.15, 0.2) is 0 Å². The molecular weight excluding hydrogens is 202 g/mol. The van der Waals surface area contributed by atoms with E-state index in [1.165, 1.54) is 0 Å². The first-order chi connectivity index (χ1) is 7.49. The molecule has 0 aliphatic carbocycles. The van der Waals surface area contributed by atoms with Crippen molar-refractivity contribution in [3.63, 3.8) is 0 Å². The molecule has 2 N–H and O–H groups in total. The third-order valence-corrected chi connectivity index (χ3v) is 2.48. The predicted octanol–water partition coefficient (Wildman–Crippen LogP) is 2.19. The fourth-order valence-electron chi connectivity index (χ4n) is 1.35. The molecule has 0 aliphatic rings. The molecule has 0 spiro atoms. The highest BCUT2D eigenvalue weighted by molar-refractivity contribution is 4.66. The minimum Gasteiger partial charge on any atom is -0.396 e. The van der Waals surface area contributed by atoms with E-state index < -0.39 is 0 Å². The molecule has 0 bridgehead atoms. The molecule has 0 aliphatic heterocycles. The summed E-state index contributed by atoms with van der Waals surface area (Å²) < 4.78 is 5.65. The molecule has 1 atom stereocenters. The van der Waals surface area contributed by atoms with Crippen molar-refractivity contribution >= 4 is 0 Å². The molecule has 0 heterocycles. The normalized spacial score (nSPS) is 14.1. The summed E-state index contributed by atoms with van der Waals surface area (Å²) in [6, 6.07) is 0.296. The zero-order chi connectivity index (χ0) is 12.4. The van der Waals surface area contributed by atoms with Crippen LogP contribution in [0.15, 0.2) is 0 Å². The Hall–Kier alpha value is -0.120. The molecule has 0 saturated carbocycles. The lowest BCUT2D eigenvalue weighted by molar-refractivity contribution is 0.0828. The van der Waals surface area contributed by atoms with Crippen molar-refractivity contribution in [3.8, 4) is 0 Å². The highest BCUT2D eigenvalue weighted by Crippen LogP contribution is 2.17. The third kappa shape index (κ3) is 10.4. The summed E-state index contributed by atoms with van der Waals surface area (Å²) in [5.74, 6) is 0. The van der Waals surface area contributed by atoms with Gasteiger partial charge < -0.3 is 15.2 Å². The van der Waals surface area contributed by atoms with Crippen LogP contribution in [0.2, 0.25) is 0 Å². The highest BCUT2D eigenvalue weighted by Gasteiger charge is 2.11. The number of aliphatic hydroxyl groups excluding tert-OH is 1. The smallest absolute Gasteiger partial charge is 0.0620 e. The van der Waals surface area contributed by atoms with Gasteiger partial charge in [-0.05, 0) is 31.2 Å². The first-order valence-electron chi connectivity index (χ1n) is 6.41. The van der Waals surface area contributed by atoms with Crippen molar-refractivity contribution in [1.29, 1.82) is 0 Å². The van der Waals surface area contributed by atoms with Crippen LogP contribution in [-0.4, -0.2) is 37.5 Å². The van der Waals surface area contributed by atoms with E-state index in [1.54, 1.807) is 0 Å². The van der Waals surface area contributed by atoms with Crippen LogP contribution < -0.4 is 5.32 Å². The standard InChI is InChI=1S/C13H29NO2/c1-5-8-14-12(6-9-15)11-16-10-7-13(2,3)4/h12,14-15H,5-11H2,1-4H3. The summed E-state index contributed by atoms with van der Waals surface area (Å²) in [6.45, 7) is 11.5. The Labute approximate surface area is 101 Å². The van der Waals surface area contributed by atoms with Crippen LogP contribution in [0.5, 0.6) is 0 Å². The Morgan fingerprint density at radius 1 is 1.31 bits per heavy atom. The van der Waals surface area contributed by atoms with Crippen LogP contribution >= 0.6 is 0 Å². The molecule has 98 valence electrons. The molecule has 0 aromatic rings. The van der Waals surface area contributed by atoms with Crippen LogP contribution in [0, 0.1) is 5.41 Å². The Morgan fingerprint density at radius 3 is 2.50 bits per heavy atom. The van der Waals surface area contributed by atoms with E-state index >= 15 is 0 Å². The third-order valence-electron chi connectivity index (χ3n) is 2.48. The van der Waals surface area contributed by atoms with Crippen LogP contribution in [0.4, 0.5) is 0 Å². The van der Waals surface area contributed by atoms with Gasteiger partial charge in [0, 0.05) is 19.3 Å². The number of aliphatic hydroxyl groups is 1. The van der Waals surface area contributed by atoms with Gasteiger partial charge >= 0.3 is 0 Å². The zero-order valence-electron chi connectivity index (χ0n) is 11.4. The SMILES string of the molecule is CCCNC(CCO)COCCC(C)(C)C. The Bertz CT molecular complexity index is 155. The molecule has 3 nitrogen and oxygen atoms in total. The summed E-state index contributed by atoms with van der Waals surface area (Å²) in [6.07, 6.45) is 2.96. The first kappa shape index (κ1) is 15.9. The van der Waals surface area contributed by atoms with Gasteiger partial charge in [0.05, 0.1) is 6.61 Å². The molecule has 16 heavy (non-hydrogen) atoms. The minimum atomic E-state index is 0.226. The van der Waals surface area contributed by atoms with E-state index in [1.807, 2.05) is 0 Å². The summed E-state index contributed by atoms with van der Waals surface area (Å²) in [7, 11) is 0. The number of rotatable bonds is 9. The van der Waals surface area contributed by atoms with E-state index in [2.05, 4.69) is 33.0 Å². The molecule has 0 amide bonds. The first-order valence-corrected chi connectivity index (χ1v) is 6.41. The Morgan fingerprint density at radius 2 is 2.00 bits per heavy atom. The Kier molecular flexibility index (Phi) is 8.90. The number of nitrogens with one attached hydrogen (secondary N) is 1. The van der Waals surface area contributed by atoms with Gasteiger partial charge in [-0.1, -0.05) is 27.7 Å². The highest BCUT2D eigenvalue weighted by atomic mass is 16.5. The maximum Gasteiger partial charge on any atom is 0.0620 e. The second-order valence-electron chi connectivity index (χ2n) is 5.55. The van der Waals surface area contributed by atoms with Crippen molar-refractivity contribution in [1.82, 2.24) is 5.32 Å². The average Bonchev–Trinajstić information content (AvgIpc) is 2.19. The van der Waals surface area contributed by atoms with E-state index in [0.717, 1.165) is 32.4 Å². The molecule has 0 fully saturated rings. The molecule has 3 heteroatoms. The molecule has 0 radical (unpaired) electrons. The Balaban J connectivity index is 3.59. The molecule has 0 rings (SSSR count). The number of hydrogen-bond acceptors (Lipinski definition) is 3. The second-order valence-corrected chi connectivity index (χ2v) is 5.55. The van der Waals surface area contributed by atoms with E-state index in [9.17, 15) is 0 Å². The van der Waals surface area contributed by atoms with Crippen molar-refractivity contribution in [2.24, 2.45) is 5.41 Å². The number of hydrogen-bond donors (Lipinski definition) is 2. The summed E-state index contributed by atoms with van der Waals surface area (Å²) >= 11 is 0. The quantitative estimate of drug-likeness (QED) is 0.598. The van der Waals surface area contributed by atoms with Gasteiger partial charge in [0.2, 0.25) is 0 Å². The minimum absolute atomic E-state index is 0.226. The maximum absolute atomic E-state index is 8.93. The van der Waals surface area contributed by atoms with E-state index in [4.69, 9.17) is 9.84 Å². The lowest BCUT2D eigenvalue weighted by Crippen LogP contribution is -2.35. The monoisotopic (exact) mass is 231 g/mol. The second kappa shape index (κ2) is 8.97. The van der Waals surface area contributed by atoms with Gasteiger partial charge in [-0.2, -0.15) is 0 Å². The largest absolute Gasteiger partial charge is 0.396 e. The molecule has 0 aromatic heterocycles. The predicted molar refractivity (Wildman–Crippen MR) is 68.7 cm³/mol. The van der Waals surface area contributed by atoms with Gasteiger partial charge in [-0.25, -0.2) is 0 Å². The number of ether oxygens (including phenoxy) is 1. The van der Waals surface area contributed by atoms with Crippen molar-refractivity contribution in [3.05, 3.63) is 0 Å². The zero-order valence-corrected chi connectivity index (χ0v) is 11.4. The van der Waals surface area contributed by atoms with Crippen LogP contribution in [0.3, 0.4) is 0 Å². The maximum atomic E-state index is 8.93. The van der Waals surface area contributed by atoms with Crippen molar-refractivity contribution < 1.29 is 9.84 Å². The molecular formula is C13H29NO2. The van der Waals surface area contributed by atoms with Gasteiger partial charge in [0.1, 0.15) is 0 Å². The van der Waals surface area contributed by atoms with Crippen LogP contribution in [0.25, 0.3) is 0 Å².